The second kappa shape index (κ2) is 6.53. The largest absolute Gasteiger partial charge is 0.497 e. The molecular weight excluding hydrogens is 250 g/mol. The number of rotatable bonds is 3. The Bertz CT molecular complexity index is 408. The summed E-state index contributed by atoms with van der Waals surface area (Å²) in [6.07, 6.45) is 0. The summed E-state index contributed by atoms with van der Waals surface area (Å²) >= 11 is 5.25. The molecule has 1 aromatic carbocycles. The number of ether oxygens (including phenoxy) is 2. The van der Waals surface area contributed by atoms with E-state index in [1.165, 1.54) is 0 Å². The lowest BCUT2D eigenvalue weighted by molar-refractivity contribution is 0.0252. The highest BCUT2D eigenvalue weighted by atomic mass is 32.1. The first-order valence-corrected chi connectivity index (χ1v) is 6.23. The summed E-state index contributed by atoms with van der Waals surface area (Å²) in [4.78, 5) is 0. The van der Waals surface area contributed by atoms with E-state index in [4.69, 9.17) is 21.7 Å². The van der Waals surface area contributed by atoms with Crippen molar-refractivity contribution < 1.29 is 9.47 Å². The van der Waals surface area contributed by atoms with Crippen molar-refractivity contribution in [2.24, 2.45) is 0 Å². The number of hydrogen-bond acceptors (Lipinski definition) is 4. The molecule has 98 valence electrons. The van der Waals surface area contributed by atoms with Gasteiger partial charge in [-0.2, -0.15) is 0 Å². The molecule has 5 nitrogen and oxygen atoms in total. The first-order chi connectivity index (χ1) is 8.78. The van der Waals surface area contributed by atoms with Crippen molar-refractivity contribution in [2.45, 2.75) is 0 Å². The Morgan fingerprint density at radius 3 is 2.89 bits per heavy atom. The number of thiocarbonyl (C=S) groups is 1. The van der Waals surface area contributed by atoms with Gasteiger partial charge in [-0.25, -0.2) is 5.01 Å². The van der Waals surface area contributed by atoms with Crippen LogP contribution in [0.4, 0.5) is 5.69 Å². The summed E-state index contributed by atoms with van der Waals surface area (Å²) in [5.74, 6) is 0.800. The predicted octanol–water partition coefficient (Wildman–Crippen LogP) is 1.23. The van der Waals surface area contributed by atoms with Gasteiger partial charge in [0.15, 0.2) is 5.11 Å². The number of methoxy groups -OCH3 is 1. The monoisotopic (exact) mass is 267 g/mol. The van der Waals surface area contributed by atoms with E-state index in [0.717, 1.165) is 37.7 Å². The average molecular weight is 267 g/mol. The molecule has 2 rings (SSSR count). The first-order valence-electron chi connectivity index (χ1n) is 5.82. The third-order valence-corrected chi connectivity index (χ3v) is 2.79. The van der Waals surface area contributed by atoms with Gasteiger partial charge in [0.05, 0.1) is 20.3 Å². The quantitative estimate of drug-likeness (QED) is 0.803. The molecule has 1 aliphatic heterocycles. The first kappa shape index (κ1) is 13.1. The minimum Gasteiger partial charge on any atom is -0.497 e. The highest BCUT2D eigenvalue weighted by Gasteiger charge is 2.11. The number of hydrogen-bond donors (Lipinski definition) is 2. The van der Waals surface area contributed by atoms with Crippen molar-refractivity contribution in [3.05, 3.63) is 24.3 Å². The Balaban J connectivity index is 1.85. The zero-order valence-corrected chi connectivity index (χ0v) is 11.1. The second-order valence-corrected chi connectivity index (χ2v) is 4.31. The molecule has 0 aromatic heterocycles. The minimum atomic E-state index is 0.574. The standard InChI is InChI=1S/C12H17N3O2S/c1-16-11-4-2-3-10(9-11)13-12(18)14-15-5-7-17-8-6-15/h2-4,9H,5-8H2,1H3,(H2,13,14,18). The predicted molar refractivity (Wildman–Crippen MR) is 74.7 cm³/mol. The van der Waals surface area contributed by atoms with Gasteiger partial charge in [0.2, 0.25) is 0 Å². The number of nitrogens with one attached hydrogen (secondary N) is 2. The second-order valence-electron chi connectivity index (χ2n) is 3.90. The molecule has 0 aliphatic carbocycles. The number of benzene rings is 1. The van der Waals surface area contributed by atoms with Gasteiger partial charge < -0.3 is 14.8 Å². The molecule has 0 amide bonds. The van der Waals surface area contributed by atoms with E-state index < -0.39 is 0 Å². The van der Waals surface area contributed by atoms with Gasteiger partial charge in [-0.15, -0.1) is 0 Å². The van der Waals surface area contributed by atoms with E-state index >= 15 is 0 Å². The van der Waals surface area contributed by atoms with Crippen LogP contribution in [0.2, 0.25) is 0 Å². The van der Waals surface area contributed by atoms with Gasteiger partial charge in [0.25, 0.3) is 0 Å². The van der Waals surface area contributed by atoms with Gasteiger partial charge in [0, 0.05) is 24.8 Å². The molecule has 0 saturated carbocycles. The lowest BCUT2D eigenvalue weighted by Gasteiger charge is -2.28. The van der Waals surface area contributed by atoms with Crippen molar-refractivity contribution in [3.8, 4) is 5.75 Å². The molecule has 0 unspecified atom stereocenters. The summed E-state index contributed by atoms with van der Waals surface area (Å²) < 4.78 is 10.4. The van der Waals surface area contributed by atoms with Gasteiger partial charge in [-0.3, -0.25) is 5.43 Å². The smallest absolute Gasteiger partial charge is 0.185 e. The summed E-state index contributed by atoms with van der Waals surface area (Å²) in [5.41, 5.74) is 4.04. The number of anilines is 1. The molecule has 1 aromatic rings. The molecule has 0 atom stereocenters. The van der Waals surface area contributed by atoms with Gasteiger partial charge >= 0.3 is 0 Å². The van der Waals surface area contributed by atoms with Crippen LogP contribution in [0, 0.1) is 0 Å². The molecule has 6 heteroatoms. The van der Waals surface area contributed by atoms with E-state index in [2.05, 4.69) is 10.7 Å². The SMILES string of the molecule is COc1cccc(NC(=S)NN2CCOCC2)c1. The van der Waals surface area contributed by atoms with E-state index in [-0.39, 0.29) is 0 Å². The molecule has 0 bridgehead atoms. The molecule has 1 heterocycles. The van der Waals surface area contributed by atoms with Crippen molar-refractivity contribution in [1.29, 1.82) is 0 Å². The van der Waals surface area contributed by atoms with Crippen LogP contribution in [-0.4, -0.2) is 43.5 Å². The molecule has 0 spiro atoms. The van der Waals surface area contributed by atoms with E-state index in [0.29, 0.717) is 5.11 Å². The zero-order valence-electron chi connectivity index (χ0n) is 10.3. The van der Waals surface area contributed by atoms with Crippen LogP contribution in [0.5, 0.6) is 5.75 Å². The van der Waals surface area contributed by atoms with E-state index in [1.54, 1.807) is 7.11 Å². The molecule has 1 aliphatic rings. The van der Waals surface area contributed by atoms with Crippen molar-refractivity contribution >= 4 is 23.0 Å². The Labute approximate surface area is 112 Å². The number of nitrogens with zero attached hydrogens (tertiary/aromatic N) is 1. The Morgan fingerprint density at radius 2 is 2.17 bits per heavy atom. The summed E-state index contributed by atoms with van der Waals surface area (Å²) in [6.45, 7) is 3.13. The Morgan fingerprint density at radius 1 is 1.39 bits per heavy atom. The maximum Gasteiger partial charge on any atom is 0.185 e. The van der Waals surface area contributed by atoms with Crippen LogP contribution < -0.4 is 15.5 Å². The summed E-state index contributed by atoms with van der Waals surface area (Å²) in [7, 11) is 1.64. The van der Waals surface area contributed by atoms with E-state index in [1.807, 2.05) is 29.3 Å². The Kier molecular flexibility index (Phi) is 4.74. The summed E-state index contributed by atoms with van der Waals surface area (Å²) in [6, 6.07) is 7.64. The molecule has 2 N–H and O–H groups in total. The van der Waals surface area contributed by atoms with Crippen molar-refractivity contribution in [2.75, 3.05) is 38.7 Å². The van der Waals surface area contributed by atoms with Crippen LogP contribution in [0.25, 0.3) is 0 Å². The maximum atomic E-state index is 5.27. The molecular formula is C12H17N3O2S. The van der Waals surface area contributed by atoms with Crippen LogP contribution in [0.15, 0.2) is 24.3 Å². The zero-order chi connectivity index (χ0) is 12.8. The van der Waals surface area contributed by atoms with Gasteiger partial charge in [-0.05, 0) is 24.4 Å². The third kappa shape index (κ3) is 3.83. The van der Waals surface area contributed by atoms with Crippen molar-refractivity contribution in [3.63, 3.8) is 0 Å². The van der Waals surface area contributed by atoms with Crippen LogP contribution in [0.3, 0.4) is 0 Å². The lowest BCUT2D eigenvalue weighted by Crippen LogP contribution is -2.49. The topological polar surface area (TPSA) is 45.8 Å². The van der Waals surface area contributed by atoms with Crippen molar-refractivity contribution in [1.82, 2.24) is 10.4 Å². The molecule has 0 radical (unpaired) electrons. The normalized spacial score (nSPS) is 16.1. The van der Waals surface area contributed by atoms with Crippen LogP contribution >= 0.6 is 12.2 Å². The highest BCUT2D eigenvalue weighted by molar-refractivity contribution is 7.80. The maximum absolute atomic E-state index is 5.27. The number of hydrazine groups is 1. The van der Waals surface area contributed by atoms with Gasteiger partial charge in [-0.1, -0.05) is 6.07 Å². The van der Waals surface area contributed by atoms with Gasteiger partial charge in [0.1, 0.15) is 5.75 Å². The fourth-order valence-electron chi connectivity index (χ4n) is 1.68. The Hall–Kier alpha value is -1.37. The van der Waals surface area contributed by atoms with E-state index in [9.17, 15) is 0 Å². The highest BCUT2D eigenvalue weighted by Crippen LogP contribution is 2.16. The molecule has 18 heavy (non-hydrogen) atoms. The molecule has 1 saturated heterocycles. The van der Waals surface area contributed by atoms with Crippen LogP contribution in [0.1, 0.15) is 0 Å². The lowest BCUT2D eigenvalue weighted by atomic mass is 10.3. The minimum absolute atomic E-state index is 0.574. The van der Waals surface area contributed by atoms with Crippen LogP contribution in [-0.2, 0) is 4.74 Å². The molecule has 1 fully saturated rings. The third-order valence-electron chi connectivity index (χ3n) is 2.60. The summed E-state index contributed by atoms with van der Waals surface area (Å²) in [5, 5.41) is 5.74. The average Bonchev–Trinajstić information content (AvgIpc) is 2.40. The fourth-order valence-corrected chi connectivity index (χ4v) is 1.93. The number of morpholine rings is 1. The fraction of sp³-hybridized carbons (Fsp3) is 0.417.